The van der Waals surface area contributed by atoms with Crippen LogP contribution in [-0.2, 0) is 10.1 Å². The van der Waals surface area contributed by atoms with Gasteiger partial charge in [-0.15, -0.1) is 0 Å². The Bertz CT molecular complexity index is 349. The fraction of sp³-hybridized carbons (Fsp3) is 0.250. The fourth-order valence-electron chi connectivity index (χ4n) is 0.622. The molecule has 0 spiro atoms. The number of halogens is 1. The Labute approximate surface area is 76.3 Å². The summed E-state index contributed by atoms with van der Waals surface area (Å²) in [6, 6.07) is 0. The van der Waals surface area contributed by atoms with Crippen molar-refractivity contribution in [1.82, 2.24) is 4.37 Å². The average Bonchev–Trinajstić information content (AvgIpc) is 2.08. The Morgan fingerprint density at radius 1 is 1.64 bits per heavy atom. The van der Waals surface area contributed by atoms with Crippen molar-refractivity contribution in [3.8, 4) is 0 Å². The topological polar surface area (TPSA) is 67.3 Å². The van der Waals surface area contributed by atoms with Crippen molar-refractivity contribution >= 4 is 37.6 Å². The molecule has 0 saturated carbocycles. The number of hydrogen-bond donors (Lipinski definition) is 1. The molecular formula is C4H4BrNO3S2. The summed E-state index contributed by atoms with van der Waals surface area (Å²) in [5, 5.41) is 0. The molecule has 1 aromatic heterocycles. The highest BCUT2D eigenvalue weighted by atomic mass is 79.9. The van der Waals surface area contributed by atoms with Crippen LogP contribution in [0.5, 0.6) is 0 Å². The van der Waals surface area contributed by atoms with E-state index in [1.54, 1.807) is 0 Å². The zero-order valence-corrected chi connectivity index (χ0v) is 8.62. The van der Waals surface area contributed by atoms with Gasteiger partial charge in [0, 0.05) is 0 Å². The van der Waals surface area contributed by atoms with E-state index in [0.29, 0.717) is 9.48 Å². The van der Waals surface area contributed by atoms with Crippen LogP contribution in [0.4, 0.5) is 0 Å². The van der Waals surface area contributed by atoms with Gasteiger partial charge in [0.1, 0.15) is 8.68 Å². The molecule has 0 amide bonds. The molecule has 0 fully saturated rings. The maximum atomic E-state index is 10.6. The number of aryl methyl sites for hydroxylation is 1. The Morgan fingerprint density at radius 3 is 2.36 bits per heavy atom. The van der Waals surface area contributed by atoms with Gasteiger partial charge in [-0.3, -0.25) is 4.55 Å². The second-order valence-electron chi connectivity index (χ2n) is 1.85. The van der Waals surface area contributed by atoms with Crippen molar-refractivity contribution in [1.29, 1.82) is 0 Å². The minimum absolute atomic E-state index is 0.137. The number of hydrogen-bond acceptors (Lipinski definition) is 4. The molecule has 1 N–H and O–H groups in total. The molecule has 0 aliphatic rings. The third kappa shape index (κ3) is 1.78. The molecule has 11 heavy (non-hydrogen) atoms. The van der Waals surface area contributed by atoms with Crippen LogP contribution in [-0.4, -0.2) is 17.3 Å². The summed E-state index contributed by atoms with van der Waals surface area (Å²) in [5.74, 6) is 0. The van der Waals surface area contributed by atoms with E-state index in [2.05, 4.69) is 20.3 Å². The lowest BCUT2D eigenvalue weighted by Crippen LogP contribution is -1.98. The summed E-state index contributed by atoms with van der Waals surface area (Å²) in [6.45, 7) is 1.52. The van der Waals surface area contributed by atoms with Crippen molar-refractivity contribution in [2.45, 2.75) is 11.8 Å². The number of nitrogens with zero attached hydrogens (tertiary/aromatic N) is 1. The highest BCUT2D eigenvalue weighted by Gasteiger charge is 2.20. The molecule has 4 nitrogen and oxygen atoms in total. The molecule has 1 heterocycles. The summed E-state index contributed by atoms with van der Waals surface area (Å²) in [7, 11) is -4.12. The molecule has 0 saturated heterocycles. The standard InChI is InChI=1S/C4H4BrNO3S2/c1-2-3(11(7,8)9)4(5)10-6-2/h1H3,(H,7,8,9). The van der Waals surface area contributed by atoms with Gasteiger partial charge in [0.25, 0.3) is 10.1 Å². The van der Waals surface area contributed by atoms with Crippen molar-refractivity contribution in [3.05, 3.63) is 9.48 Å². The van der Waals surface area contributed by atoms with Crippen LogP contribution in [0.2, 0.25) is 0 Å². The Kier molecular flexibility index (Phi) is 2.33. The Balaban J connectivity index is 3.45. The van der Waals surface area contributed by atoms with Crippen LogP contribution in [0.15, 0.2) is 8.68 Å². The lowest BCUT2D eigenvalue weighted by Gasteiger charge is -1.92. The molecule has 1 rings (SSSR count). The first-order chi connectivity index (χ1) is 4.93. The molecule has 0 aliphatic heterocycles. The molecule has 0 radical (unpaired) electrons. The molecule has 0 bridgehead atoms. The first kappa shape index (κ1) is 9.11. The smallest absolute Gasteiger partial charge is 0.282 e. The maximum Gasteiger partial charge on any atom is 0.298 e. The van der Waals surface area contributed by atoms with Crippen molar-refractivity contribution in [2.24, 2.45) is 0 Å². The molecule has 7 heteroatoms. The minimum Gasteiger partial charge on any atom is -0.282 e. The predicted octanol–water partition coefficient (Wildman–Crippen LogP) is 1.46. The van der Waals surface area contributed by atoms with E-state index in [9.17, 15) is 8.42 Å². The first-order valence-corrected chi connectivity index (χ1v) is 5.53. The van der Waals surface area contributed by atoms with Crippen LogP contribution in [0, 0.1) is 6.92 Å². The van der Waals surface area contributed by atoms with Gasteiger partial charge >= 0.3 is 0 Å². The highest BCUT2D eigenvalue weighted by molar-refractivity contribution is 9.11. The van der Waals surface area contributed by atoms with Gasteiger partial charge in [-0.05, 0) is 34.4 Å². The summed E-state index contributed by atoms with van der Waals surface area (Å²) in [6.07, 6.45) is 0. The van der Waals surface area contributed by atoms with Gasteiger partial charge < -0.3 is 0 Å². The molecule has 0 aliphatic carbocycles. The number of aromatic nitrogens is 1. The summed E-state index contributed by atoms with van der Waals surface area (Å²) in [5.41, 5.74) is 0.310. The zero-order chi connectivity index (χ0) is 8.65. The second kappa shape index (κ2) is 2.81. The van der Waals surface area contributed by atoms with E-state index in [1.165, 1.54) is 6.92 Å². The lowest BCUT2D eigenvalue weighted by molar-refractivity contribution is 0.482. The van der Waals surface area contributed by atoms with Crippen LogP contribution < -0.4 is 0 Å². The molecular weight excluding hydrogens is 254 g/mol. The van der Waals surface area contributed by atoms with Crippen molar-refractivity contribution < 1.29 is 13.0 Å². The van der Waals surface area contributed by atoms with E-state index in [-0.39, 0.29) is 4.90 Å². The van der Waals surface area contributed by atoms with Crippen molar-refractivity contribution in [3.63, 3.8) is 0 Å². The van der Waals surface area contributed by atoms with Crippen molar-refractivity contribution in [2.75, 3.05) is 0 Å². The third-order valence-corrected chi connectivity index (χ3v) is 4.00. The van der Waals surface area contributed by atoms with Crippen LogP contribution >= 0.6 is 27.5 Å². The summed E-state index contributed by atoms with van der Waals surface area (Å²) < 4.78 is 34.0. The molecule has 0 atom stereocenters. The predicted molar refractivity (Wildman–Crippen MR) is 44.4 cm³/mol. The van der Waals surface area contributed by atoms with Crippen LogP contribution in [0.1, 0.15) is 5.69 Å². The van der Waals surface area contributed by atoms with Crippen LogP contribution in [0.25, 0.3) is 0 Å². The average molecular weight is 258 g/mol. The van der Waals surface area contributed by atoms with Gasteiger partial charge in [-0.1, -0.05) is 0 Å². The normalized spacial score (nSPS) is 11.9. The third-order valence-electron chi connectivity index (χ3n) is 1.03. The van der Waals surface area contributed by atoms with Gasteiger partial charge in [0.05, 0.1) is 5.69 Å². The molecule has 0 aromatic carbocycles. The van der Waals surface area contributed by atoms with Crippen LogP contribution in [0.3, 0.4) is 0 Å². The first-order valence-electron chi connectivity index (χ1n) is 2.52. The van der Waals surface area contributed by atoms with Gasteiger partial charge in [0.15, 0.2) is 0 Å². The number of rotatable bonds is 1. The Morgan fingerprint density at radius 2 is 2.18 bits per heavy atom. The minimum atomic E-state index is -4.12. The SMILES string of the molecule is Cc1nsc(Br)c1S(=O)(=O)O. The quantitative estimate of drug-likeness (QED) is 0.774. The zero-order valence-electron chi connectivity index (χ0n) is 5.41. The molecule has 62 valence electrons. The van der Waals surface area contributed by atoms with E-state index >= 15 is 0 Å². The monoisotopic (exact) mass is 257 g/mol. The van der Waals surface area contributed by atoms with E-state index < -0.39 is 10.1 Å². The maximum absolute atomic E-state index is 10.6. The van der Waals surface area contributed by atoms with E-state index in [0.717, 1.165) is 11.5 Å². The van der Waals surface area contributed by atoms with E-state index in [1.807, 2.05) is 0 Å². The second-order valence-corrected chi connectivity index (χ2v) is 5.30. The summed E-state index contributed by atoms with van der Waals surface area (Å²) in [4.78, 5) is -0.137. The fourth-order valence-corrected chi connectivity index (χ4v) is 3.39. The summed E-state index contributed by atoms with van der Waals surface area (Å²) >= 11 is 3.96. The van der Waals surface area contributed by atoms with Gasteiger partial charge in [-0.25, -0.2) is 0 Å². The largest absolute Gasteiger partial charge is 0.298 e. The van der Waals surface area contributed by atoms with E-state index in [4.69, 9.17) is 4.55 Å². The molecule has 1 aromatic rings. The van der Waals surface area contributed by atoms with Gasteiger partial charge in [-0.2, -0.15) is 12.8 Å². The Hall–Kier alpha value is 0.0200. The molecule has 0 unspecified atom stereocenters. The highest BCUT2D eigenvalue weighted by Crippen LogP contribution is 2.28. The van der Waals surface area contributed by atoms with Gasteiger partial charge in [0.2, 0.25) is 0 Å². The lowest BCUT2D eigenvalue weighted by atomic mass is 10.5.